The molecule has 1 aromatic carbocycles. The molecular weight excluding hydrogens is 248 g/mol. The van der Waals surface area contributed by atoms with Gasteiger partial charge in [0.25, 0.3) is 0 Å². The monoisotopic (exact) mass is 265 g/mol. The van der Waals surface area contributed by atoms with Crippen LogP contribution in [0.2, 0.25) is 0 Å². The van der Waals surface area contributed by atoms with E-state index in [1.54, 1.807) is 19.2 Å². The summed E-state index contributed by atoms with van der Waals surface area (Å²) in [6, 6.07) is 4.74. The van der Waals surface area contributed by atoms with Crippen LogP contribution in [0.15, 0.2) is 24.4 Å². The number of hydrogen-bond acceptors (Lipinski definition) is 2. The SMILES string of the molecule is Cc1ccc(F)c(-n2ccc(CNC(C)C)n2)c1F. The molecule has 102 valence electrons. The van der Waals surface area contributed by atoms with Crippen molar-refractivity contribution in [1.29, 1.82) is 0 Å². The second-order valence-electron chi connectivity index (χ2n) is 4.81. The van der Waals surface area contributed by atoms with Crippen molar-refractivity contribution in [1.82, 2.24) is 15.1 Å². The lowest BCUT2D eigenvalue weighted by Gasteiger charge is -2.08. The Morgan fingerprint density at radius 2 is 2.00 bits per heavy atom. The summed E-state index contributed by atoms with van der Waals surface area (Å²) >= 11 is 0. The van der Waals surface area contributed by atoms with E-state index >= 15 is 0 Å². The standard InChI is InChI=1S/C14H17F2N3/c1-9(2)17-8-11-6-7-19(18-11)14-12(15)5-4-10(3)13(14)16/h4-7,9,17H,8H2,1-3H3. The summed E-state index contributed by atoms with van der Waals surface area (Å²) in [5.74, 6) is -1.19. The number of nitrogens with zero attached hydrogens (tertiary/aromatic N) is 2. The van der Waals surface area contributed by atoms with Crippen LogP contribution in [0.1, 0.15) is 25.1 Å². The molecule has 3 nitrogen and oxygen atoms in total. The summed E-state index contributed by atoms with van der Waals surface area (Å²) in [5.41, 5.74) is 1.01. The molecule has 0 fully saturated rings. The molecule has 0 unspecified atom stereocenters. The van der Waals surface area contributed by atoms with E-state index in [1.165, 1.54) is 16.8 Å². The van der Waals surface area contributed by atoms with Gasteiger partial charge in [0.2, 0.25) is 0 Å². The molecule has 0 spiro atoms. The predicted molar refractivity (Wildman–Crippen MR) is 70.2 cm³/mol. The summed E-state index contributed by atoms with van der Waals surface area (Å²) in [7, 11) is 0. The van der Waals surface area contributed by atoms with Crippen LogP contribution in [-0.4, -0.2) is 15.8 Å². The number of aromatic nitrogens is 2. The lowest BCUT2D eigenvalue weighted by Crippen LogP contribution is -2.22. The van der Waals surface area contributed by atoms with E-state index in [1.807, 2.05) is 13.8 Å². The summed E-state index contributed by atoms with van der Waals surface area (Å²) in [6.45, 7) is 6.22. The fourth-order valence-electron chi connectivity index (χ4n) is 1.74. The van der Waals surface area contributed by atoms with Gasteiger partial charge >= 0.3 is 0 Å². The average Bonchev–Trinajstić information content (AvgIpc) is 2.80. The predicted octanol–water partition coefficient (Wildman–Crippen LogP) is 2.96. The Kier molecular flexibility index (Phi) is 3.95. The molecule has 0 radical (unpaired) electrons. The smallest absolute Gasteiger partial charge is 0.154 e. The second-order valence-corrected chi connectivity index (χ2v) is 4.81. The minimum Gasteiger partial charge on any atom is -0.309 e. The van der Waals surface area contributed by atoms with Crippen LogP contribution in [0.3, 0.4) is 0 Å². The van der Waals surface area contributed by atoms with E-state index in [4.69, 9.17) is 0 Å². The summed E-state index contributed by atoms with van der Waals surface area (Å²) in [6.07, 6.45) is 1.57. The van der Waals surface area contributed by atoms with E-state index in [-0.39, 0.29) is 5.69 Å². The molecule has 0 aliphatic heterocycles. The quantitative estimate of drug-likeness (QED) is 0.921. The normalized spacial score (nSPS) is 11.3. The van der Waals surface area contributed by atoms with Crippen LogP contribution in [0.5, 0.6) is 0 Å². The van der Waals surface area contributed by atoms with Crippen LogP contribution in [0.4, 0.5) is 8.78 Å². The summed E-state index contributed by atoms with van der Waals surface area (Å²) < 4.78 is 28.9. The van der Waals surface area contributed by atoms with Crippen molar-refractivity contribution in [3.8, 4) is 5.69 Å². The van der Waals surface area contributed by atoms with Gasteiger partial charge in [-0.1, -0.05) is 19.9 Å². The molecule has 2 aromatic rings. The van der Waals surface area contributed by atoms with Gasteiger partial charge in [0.15, 0.2) is 11.6 Å². The molecular formula is C14H17F2N3. The zero-order chi connectivity index (χ0) is 14.0. The van der Waals surface area contributed by atoms with Gasteiger partial charge in [0.05, 0.1) is 5.69 Å². The number of benzene rings is 1. The van der Waals surface area contributed by atoms with Gasteiger partial charge < -0.3 is 5.32 Å². The van der Waals surface area contributed by atoms with E-state index < -0.39 is 11.6 Å². The lowest BCUT2D eigenvalue weighted by molar-refractivity contribution is 0.548. The van der Waals surface area contributed by atoms with Gasteiger partial charge in [0, 0.05) is 18.8 Å². The van der Waals surface area contributed by atoms with Gasteiger partial charge in [-0.3, -0.25) is 0 Å². The Balaban J connectivity index is 2.30. The molecule has 0 aliphatic rings. The number of aryl methyl sites for hydroxylation is 1. The fraction of sp³-hybridized carbons (Fsp3) is 0.357. The zero-order valence-corrected chi connectivity index (χ0v) is 11.2. The first-order chi connectivity index (χ1) is 8.99. The van der Waals surface area contributed by atoms with Crippen molar-refractivity contribution in [2.75, 3.05) is 0 Å². The van der Waals surface area contributed by atoms with Gasteiger partial charge in [-0.15, -0.1) is 0 Å². The Morgan fingerprint density at radius 1 is 1.26 bits per heavy atom. The number of halogens is 2. The maximum absolute atomic E-state index is 14.0. The fourth-order valence-corrected chi connectivity index (χ4v) is 1.74. The highest BCUT2D eigenvalue weighted by molar-refractivity contribution is 5.38. The van der Waals surface area contributed by atoms with E-state index in [9.17, 15) is 8.78 Å². The summed E-state index contributed by atoms with van der Waals surface area (Å²) in [4.78, 5) is 0. The topological polar surface area (TPSA) is 29.9 Å². The lowest BCUT2D eigenvalue weighted by atomic mass is 10.2. The maximum Gasteiger partial charge on any atom is 0.154 e. The first kappa shape index (κ1) is 13.7. The van der Waals surface area contributed by atoms with Crippen LogP contribution in [0, 0.1) is 18.6 Å². The summed E-state index contributed by atoms with van der Waals surface area (Å²) in [5, 5.41) is 7.39. The number of rotatable bonds is 4. The minimum atomic E-state index is -0.616. The molecule has 0 saturated carbocycles. The largest absolute Gasteiger partial charge is 0.309 e. The van der Waals surface area contributed by atoms with E-state index in [0.717, 1.165) is 5.69 Å². The maximum atomic E-state index is 14.0. The molecule has 1 aromatic heterocycles. The van der Waals surface area contributed by atoms with Crippen LogP contribution in [-0.2, 0) is 6.54 Å². The molecule has 0 aliphatic carbocycles. The molecule has 0 atom stereocenters. The zero-order valence-electron chi connectivity index (χ0n) is 11.2. The van der Waals surface area contributed by atoms with E-state index in [0.29, 0.717) is 18.2 Å². The first-order valence-corrected chi connectivity index (χ1v) is 6.22. The van der Waals surface area contributed by atoms with Gasteiger partial charge in [-0.25, -0.2) is 13.5 Å². The molecule has 0 bridgehead atoms. The van der Waals surface area contributed by atoms with Gasteiger partial charge in [-0.05, 0) is 24.6 Å². The third-order valence-corrected chi connectivity index (χ3v) is 2.82. The van der Waals surface area contributed by atoms with Crippen molar-refractivity contribution in [3.05, 3.63) is 47.3 Å². The van der Waals surface area contributed by atoms with Crippen LogP contribution < -0.4 is 5.32 Å². The Morgan fingerprint density at radius 3 is 2.68 bits per heavy atom. The Bertz CT molecular complexity index is 576. The number of hydrogen-bond donors (Lipinski definition) is 1. The van der Waals surface area contributed by atoms with Gasteiger partial charge in [0.1, 0.15) is 5.69 Å². The molecule has 1 N–H and O–H groups in total. The van der Waals surface area contributed by atoms with Crippen molar-refractivity contribution in [3.63, 3.8) is 0 Å². The second kappa shape index (κ2) is 5.48. The molecule has 5 heteroatoms. The highest BCUT2D eigenvalue weighted by Crippen LogP contribution is 2.20. The number of nitrogens with one attached hydrogen (secondary N) is 1. The van der Waals surface area contributed by atoms with Crippen molar-refractivity contribution in [2.45, 2.75) is 33.4 Å². The highest BCUT2D eigenvalue weighted by Gasteiger charge is 2.14. The van der Waals surface area contributed by atoms with E-state index in [2.05, 4.69) is 10.4 Å². The highest BCUT2D eigenvalue weighted by atomic mass is 19.1. The third kappa shape index (κ3) is 2.98. The van der Waals surface area contributed by atoms with Crippen molar-refractivity contribution < 1.29 is 8.78 Å². The van der Waals surface area contributed by atoms with Crippen molar-refractivity contribution >= 4 is 0 Å². The average molecular weight is 265 g/mol. The Hall–Kier alpha value is -1.75. The van der Waals surface area contributed by atoms with Crippen LogP contribution in [0.25, 0.3) is 5.69 Å². The molecule has 0 saturated heterocycles. The molecule has 19 heavy (non-hydrogen) atoms. The Labute approximate surface area is 111 Å². The van der Waals surface area contributed by atoms with Crippen LogP contribution >= 0.6 is 0 Å². The minimum absolute atomic E-state index is 0.129. The van der Waals surface area contributed by atoms with Gasteiger partial charge in [-0.2, -0.15) is 5.10 Å². The third-order valence-electron chi connectivity index (χ3n) is 2.82. The molecule has 2 rings (SSSR count). The van der Waals surface area contributed by atoms with Crippen molar-refractivity contribution in [2.24, 2.45) is 0 Å². The molecule has 0 amide bonds. The first-order valence-electron chi connectivity index (χ1n) is 6.22. The molecule has 1 heterocycles.